The Bertz CT molecular complexity index is 1130. The van der Waals surface area contributed by atoms with Crippen molar-refractivity contribution in [2.45, 2.75) is 37.8 Å². The van der Waals surface area contributed by atoms with E-state index in [-0.39, 0.29) is 25.3 Å². The van der Waals surface area contributed by atoms with E-state index in [1.807, 2.05) is 84.9 Å². The third-order valence-electron chi connectivity index (χ3n) is 5.72. The fourth-order valence-electron chi connectivity index (χ4n) is 3.77. The predicted octanol–water partition coefficient (Wildman–Crippen LogP) is 3.45. The number of hydrogen-bond acceptors (Lipinski definition) is 4. The van der Waals surface area contributed by atoms with Crippen molar-refractivity contribution in [3.05, 3.63) is 96.1 Å². The second-order valence-corrected chi connectivity index (χ2v) is 8.79. The molecule has 0 fully saturated rings. The second kappa shape index (κ2) is 11.9. The molecule has 2 amide bonds. The zero-order valence-electron chi connectivity index (χ0n) is 19.7. The number of benzene rings is 3. The second-order valence-electron chi connectivity index (χ2n) is 8.79. The molecule has 3 aromatic rings. The highest BCUT2D eigenvalue weighted by molar-refractivity contribution is 5.86. The SMILES string of the molecule is CC(N)(Cc1ccc(-c2ccccc2)cc1)C(=O)NC[C@H](NC(=O)CCC(=O)O)c1ccccc1. The molecule has 0 radical (unpaired) electrons. The fraction of sp³-hybridized carbons (Fsp3) is 0.250. The molecule has 5 N–H and O–H groups in total. The number of amides is 2. The lowest BCUT2D eigenvalue weighted by molar-refractivity contribution is -0.138. The minimum atomic E-state index is -1.16. The van der Waals surface area contributed by atoms with E-state index in [2.05, 4.69) is 10.6 Å². The summed E-state index contributed by atoms with van der Waals surface area (Å²) in [5.74, 6) is -1.78. The number of carbonyl (C=O) groups excluding carboxylic acids is 2. The minimum Gasteiger partial charge on any atom is -0.481 e. The molecule has 3 rings (SSSR count). The van der Waals surface area contributed by atoms with Crippen molar-refractivity contribution in [3.8, 4) is 11.1 Å². The average Bonchev–Trinajstić information content (AvgIpc) is 2.86. The third kappa shape index (κ3) is 7.79. The lowest BCUT2D eigenvalue weighted by Gasteiger charge is -2.26. The molecule has 0 saturated heterocycles. The van der Waals surface area contributed by atoms with Gasteiger partial charge in [-0.05, 0) is 35.6 Å². The average molecular weight is 474 g/mol. The molecule has 7 nitrogen and oxygen atoms in total. The summed E-state index contributed by atoms with van der Waals surface area (Å²) in [6.45, 7) is 1.80. The van der Waals surface area contributed by atoms with Crippen LogP contribution in [0, 0.1) is 0 Å². The summed E-state index contributed by atoms with van der Waals surface area (Å²) in [6.07, 6.45) is -0.0568. The summed E-state index contributed by atoms with van der Waals surface area (Å²) in [6, 6.07) is 26.7. The molecule has 0 saturated carbocycles. The van der Waals surface area contributed by atoms with Crippen molar-refractivity contribution in [1.29, 1.82) is 0 Å². The Morgan fingerprint density at radius 2 is 1.43 bits per heavy atom. The van der Waals surface area contributed by atoms with Crippen molar-refractivity contribution in [2.24, 2.45) is 5.73 Å². The van der Waals surface area contributed by atoms with E-state index in [1.54, 1.807) is 6.92 Å². The first-order chi connectivity index (χ1) is 16.7. The Morgan fingerprint density at radius 1 is 0.857 bits per heavy atom. The van der Waals surface area contributed by atoms with Gasteiger partial charge in [-0.2, -0.15) is 0 Å². The molecule has 0 bridgehead atoms. The number of carbonyl (C=O) groups is 3. The summed E-state index contributed by atoms with van der Waals surface area (Å²) in [7, 11) is 0. The molecule has 0 aromatic heterocycles. The van der Waals surface area contributed by atoms with Crippen LogP contribution in [0.15, 0.2) is 84.9 Å². The number of aliphatic carboxylic acids is 1. The van der Waals surface area contributed by atoms with Gasteiger partial charge in [0.15, 0.2) is 0 Å². The molecule has 35 heavy (non-hydrogen) atoms. The first kappa shape index (κ1) is 25.6. The molecule has 2 atom stereocenters. The van der Waals surface area contributed by atoms with Crippen LogP contribution in [-0.4, -0.2) is 35.0 Å². The molecule has 0 spiro atoms. The van der Waals surface area contributed by atoms with E-state index in [9.17, 15) is 14.4 Å². The van der Waals surface area contributed by atoms with Gasteiger partial charge in [0.2, 0.25) is 11.8 Å². The van der Waals surface area contributed by atoms with E-state index in [1.165, 1.54) is 0 Å². The third-order valence-corrected chi connectivity index (χ3v) is 5.72. The number of hydrogen-bond donors (Lipinski definition) is 4. The van der Waals surface area contributed by atoms with Crippen LogP contribution < -0.4 is 16.4 Å². The highest BCUT2D eigenvalue weighted by Crippen LogP contribution is 2.21. The maximum absolute atomic E-state index is 13.0. The Labute approximate surface area is 205 Å². The maximum atomic E-state index is 13.0. The minimum absolute atomic E-state index is 0.126. The van der Waals surface area contributed by atoms with E-state index in [0.29, 0.717) is 6.42 Å². The van der Waals surface area contributed by atoms with Crippen LogP contribution >= 0.6 is 0 Å². The van der Waals surface area contributed by atoms with Crippen LogP contribution in [0.5, 0.6) is 0 Å². The first-order valence-electron chi connectivity index (χ1n) is 11.5. The highest BCUT2D eigenvalue weighted by atomic mass is 16.4. The maximum Gasteiger partial charge on any atom is 0.303 e. The van der Waals surface area contributed by atoms with Gasteiger partial charge < -0.3 is 21.5 Å². The van der Waals surface area contributed by atoms with Crippen LogP contribution in [-0.2, 0) is 20.8 Å². The number of carboxylic acid groups (broad SMARTS) is 1. The van der Waals surface area contributed by atoms with Crippen LogP contribution in [0.1, 0.15) is 36.9 Å². The molecule has 0 aliphatic carbocycles. The normalized spacial score (nSPS) is 13.3. The van der Waals surface area contributed by atoms with E-state index in [0.717, 1.165) is 22.3 Å². The fourth-order valence-corrected chi connectivity index (χ4v) is 3.77. The van der Waals surface area contributed by atoms with Crippen molar-refractivity contribution >= 4 is 17.8 Å². The molecular formula is C28H31N3O4. The summed E-state index contributed by atoms with van der Waals surface area (Å²) in [4.78, 5) is 36.0. The zero-order chi connectivity index (χ0) is 25.3. The Kier molecular flexibility index (Phi) is 8.75. The van der Waals surface area contributed by atoms with Gasteiger partial charge in [-0.15, -0.1) is 0 Å². The van der Waals surface area contributed by atoms with Crippen molar-refractivity contribution in [1.82, 2.24) is 10.6 Å². The number of nitrogens with two attached hydrogens (primary N) is 1. The molecule has 1 unspecified atom stereocenters. The smallest absolute Gasteiger partial charge is 0.303 e. The molecule has 182 valence electrons. The summed E-state index contributed by atoms with van der Waals surface area (Å²) >= 11 is 0. The van der Waals surface area contributed by atoms with Crippen molar-refractivity contribution < 1.29 is 19.5 Å². The summed E-state index contributed by atoms with van der Waals surface area (Å²) in [5, 5.41) is 14.5. The van der Waals surface area contributed by atoms with Gasteiger partial charge >= 0.3 is 5.97 Å². The Hall–Kier alpha value is -3.97. The lowest BCUT2D eigenvalue weighted by atomic mass is 9.91. The van der Waals surface area contributed by atoms with Crippen LogP contribution in [0.2, 0.25) is 0 Å². The van der Waals surface area contributed by atoms with Gasteiger partial charge in [0.05, 0.1) is 18.0 Å². The quantitative estimate of drug-likeness (QED) is 0.340. The zero-order valence-corrected chi connectivity index (χ0v) is 19.7. The number of rotatable bonds is 11. The molecule has 3 aromatic carbocycles. The Balaban J connectivity index is 1.62. The van der Waals surface area contributed by atoms with Crippen molar-refractivity contribution in [3.63, 3.8) is 0 Å². The van der Waals surface area contributed by atoms with Gasteiger partial charge in [-0.1, -0.05) is 84.9 Å². The topological polar surface area (TPSA) is 122 Å². The predicted molar refractivity (Wildman–Crippen MR) is 135 cm³/mol. The monoisotopic (exact) mass is 473 g/mol. The highest BCUT2D eigenvalue weighted by Gasteiger charge is 2.29. The summed E-state index contributed by atoms with van der Waals surface area (Å²) in [5.41, 5.74) is 9.15. The standard InChI is InChI=1S/C28H31N3O4/c1-28(29,18-20-12-14-22(15-13-20)21-8-4-2-5-9-21)27(35)30-19-24(23-10-6-3-7-11-23)31-25(32)16-17-26(33)34/h2-15,24H,16-19,29H2,1H3,(H,30,35)(H,31,32)(H,33,34)/t24-,28?/m0/s1. The summed E-state index contributed by atoms with van der Waals surface area (Å²) < 4.78 is 0. The lowest BCUT2D eigenvalue weighted by Crippen LogP contribution is -2.54. The molecule has 0 aliphatic heterocycles. The van der Waals surface area contributed by atoms with Crippen LogP contribution in [0.4, 0.5) is 0 Å². The Morgan fingerprint density at radius 3 is 2.03 bits per heavy atom. The van der Waals surface area contributed by atoms with Crippen molar-refractivity contribution in [2.75, 3.05) is 6.54 Å². The molecule has 0 aliphatic rings. The van der Waals surface area contributed by atoms with Gasteiger partial charge in [0.1, 0.15) is 0 Å². The van der Waals surface area contributed by atoms with E-state index >= 15 is 0 Å². The molecular weight excluding hydrogens is 442 g/mol. The van der Waals surface area contributed by atoms with Crippen LogP contribution in [0.25, 0.3) is 11.1 Å². The van der Waals surface area contributed by atoms with Crippen LogP contribution in [0.3, 0.4) is 0 Å². The first-order valence-corrected chi connectivity index (χ1v) is 11.5. The van der Waals surface area contributed by atoms with E-state index < -0.39 is 23.5 Å². The van der Waals surface area contributed by atoms with E-state index in [4.69, 9.17) is 10.8 Å². The van der Waals surface area contributed by atoms with Gasteiger partial charge in [-0.3, -0.25) is 14.4 Å². The molecule has 7 heteroatoms. The van der Waals surface area contributed by atoms with Gasteiger partial charge in [-0.25, -0.2) is 0 Å². The largest absolute Gasteiger partial charge is 0.481 e. The number of carboxylic acids is 1. The van der Waals surface area contributed by atoms with Gasteiger partial charge in [0, 0.05) is 13.0 Å². The molecule has 0 heterocycles. The number of nitrogens with one attached hydrogen (secondary N) is 2. The van der Waals surface area contributed by atoms with Gasteiger partial charge in [0.25, 0.3) is 0 Å².